The number of hydrogen-bond donors (Lipinski definition) is 4. The summed E-state index contributed by atoms with van der Waals surface area (Å²) in [6.45, 7) is -0.782. The van der Waals surface area contributed by atoms with Crippen molar-refractivity contribution in [2.45, 2.75) is 11.4 Å². The molecule has 0 saturated carbocycles. The summed E-state index contributed by atoms with van der Waals surface area (Å²) in [7, 11) is 0. The largest absolute Gasteiger partial charge is 0.479 e. The Labute approximate surface area is 187 Å². The van der Waals surface area contributed by atoms with Crippen molar-refractivity contribution in [3.63, 3.8) is 0 Å². The molecule has 0 unspecified atom stereocenters. The van der Waals surface area contributed by atoms with Gasteiger partial charge in [-0.25, -0.2) is 14.6 Å². The second-order valence-corrected chi connectivity index (χ2v) is 9.09. The molecule has 1 aromatic heterocycles. The molecule has 1 aromatic rings. The Balaban J connectivity index is 1.78. The molecule has 12 nitrogen and oxygen atoms in total. The smallest absolute Gasteiger partial charge is 0.352 e. The fourth-order valence-electron chi connectivity index (χ4n) is 2.93. The second-order valence-electron chi connectivity index (χ2n) is 6.23. The van der Waals surface area contributed by atoms with Gasteiger partial charge in [0.25, 0.3) is 11.8 Å². The predicted octanol–water partition coefficient (Wildman–Crippen LogP) is -0.368. The summed E-state index contributed by atoms with van der Waals surface area (Å²) in [4.78, 5) is 57.6. The first-order chi connectivity index (χ1) is 14.7. The lowest BCUT2D eigenvalue weighted by molar-refractivity contribution is -0.150. The fraction of sp³-hybridized carbons (Fsp3) is 0.375. The molecular weight excluding hydrogens is 470 g/mol. The Hall–Kier alpha value is -2.78. The highest BCUT2D eigenvalue weighted by molar-refractivity contribution is 8.00. The van der Waals surface area contributed by atoms with Crippen LogP contribution in [0.25, 0.3) is 0 Å². The summed E-state index contributed by atoms with van der Waals surface area (Å²) < 4.78 is 0. The molecule has 3 rings (SSSR count). The third kappa shape index (κ3) is 4.77. The lowest BCUT2D eigenvalue weighted by Crippen LogP contribution is -2.71. The zero-order chi connectivity index (χ0) is 22.7. The lowest BCUT2D eigenvalue weighted by atomic mass is 10.0. The van der Waals surface area contributed by atoms with E-state index in [0.29, 0.717) is 17.1 Å². The minimum atomic E-state index is -1.29. The van der Waals surface area contributed by atoms with Crippen LogP contribution in [0.1, 0.15) is 5.69 Å². The summed E-state index contributed by atoms with van der Waals surface area (Å²) in [5.41, 5.74) is 5.87. The predicted molar refractivity (Wildman–Crippen MR) is 115 cm³/mol. The molecule has 0 aromatic carbocycles. The maximum absolute atomic E-state index is 12.8. The van der Waals surface area contributed by atoms with E-state index in [1.807, 2.05) is 6.26 Å². The van der Waals surface area contributed by atoms with Gasteiger partial charge in [-0.05, 0) is 11.8 Å². The van der Waals surface area contributed by atoms with Gasteiger partial charge in [0.05, 0.1) is 0 Å². The van der Waals surface area contributed by atoms with E-state index in [1.54, 1.807) is 0 Å². The van der Waals surface area contributed by atoms with E-state index in [4.69, 9.17) is 10.8 Å². The Morgan fingerprint density at radius 2 is 2.19 bits per heavy atom. The van der Waals surface area contributed by atoms with Crippen LogP contribution in [-0.4, -0.2) is 85.3 Å². The standard InChI is InChI=1S/C16H17N5O7S3/c1-29-3-6-4-30-14-10(13(25)21(14)11(6)15(26)27)19-12(24)9(20-28-2-8(22)23)7-5-31-16(17)18-7/h5,10,14H,2-4H2,1H3,(H2,17,18)(H,19,24)(H,22,23)(H,26,27)/t10-,14+/m1/s1. The Kier molecular flexibility index (Phi) is 7.07. The van der Waals surface area contributed by atoms with E-state index < -0.39 is 41.8 Å². The number of carbonyl (C=O) groups excluding carboxylic acids is 2. The molecule has 31 heavy (non-hydrogen) atoms. The molecule has 2 amide bonds. The van der Waals surface area contributed by atoms with Crippen LogP contribution in [0.2, 0.25) is 0 Å². The van der Waals surface area contributed by atoms with Crippen LogP contribution in [0.4, 0.5) is 5.13 Å². The third-order valence-corrected chi connectivity index (χ3v) is 6.83. The van der Waals surface area contributed by atoms with Crippen molar-refractivity contribution in [1.82, 2.24) is 15.2 Å². The summed E-state index contributed by atoms with van der Waals surface area (Å²) >= 11 is 3.83. The number of nitrogens with two attached hydrogens (primary N) is 1. The number of thioether (sulfide) groups is 2. The minimum absolute atomic E-state index is 0.0543. The first-order valence-electron chi connectivity index (χ1n) is 8.57. The van der Waals surface area contributed by atoms with Crippen molar-refractivity contribution in [1.29, 1.82) is 0 Å². The van der Waals surface area contributed by atoms with Crippen LogP contribution in [0.15, 0.2) is 21.8 Å². The molecule has 0 bridgehead atoms. The number of fused-ring (bicyclic) bond motifs is 1. The number of thiazole rings is 1. The number of carbonyl (C=O) groups is 4. The minimum Gasteiger partial charge on any atom is -0.479 e. The van der Waals surface area contributed by atoms with Gasteiger partial charge in [0.2, 0.25) is 6.61 Å². The molecule has 0 radical (unpaired) electrons. The Bertz CT molecular complexity index is 992. The van der Waals surface area contributed by atoms with Crippen molar-refractivity contribution >= 4 is 69.5 Å². The van der Waals surface area contributed by atoms with Crippen LogP contribution >= 0.6 is 34.9 Å². The SMILES string of the molecule is CSCC1=C(C(=O)O)N2C(=O)[C@@H](NC(=O)C(=NOCC(=O)O)c3csc(N)n3)[C@@H]2SC1. The number of aromatic nitrogens is 1. The summed E-state index contributed by atoms with van der Waals surface area (Å²) in [5, 5.41) is 25.3. The molecule has 166 valence electrons. The van der Waals surface area contributed by atoms with E-state index in [-0.39, 0.29) is 22.2 Å². The highest BCUT2D eigenvalue weighted by Gasteiger charge is 2.54. The number of oxime groups is 1. The molecule has 2 atom stereocenters. The topological polar surface area (TPSA) is 185 Å². The number of β-lactam (4-membered cyclic amide) rings is 1. The van der Waals surface area contributed by atoms with Crippen molar-refractivity contribution in [3.8, 4) is 0 Å². The Morgan fingerprint density at radius 1 is 1.45 bits per heavy atom. The van der Waals surface area contributed by atoms with Crippen molar-refractivity contribution < 1.29 is 34.2 Å². The number of carboxylic acid groups (broad SMARTS) is 2. The highest BCUT2D eigenvalue weighted by Crippen LogP contribution is 2.40. The van der Waals surface area contributed by atoms with Gasteiger partial charge in [0, 0.05) is 16.9 Å². The maximum atomic E-state index is 12.8. The number of carboxylic acids is 2. The first kappa shape index (κ1) is 22.9. The van der Waals surface area contributed by atoms with Gasteiger partial charge in [0.15, 0.2) is 10.8 Å². The van der Waals surface area contributed by atoms with Crippen LogP contribution in [0, 0.1) is 0 Å². The number of nitrogen functional groups attached to an aromatic ring is 1. The average Bonchev–Trinajstić information content (AvgIpc) is 3.14. The fourth-order valence-corrected chi connectivity index (χ4v) is 5.54. The highest BCUT2D eigenvalue weighted by atomic mass is 32.2. The lowest BCUT2D eigenvalue weighted by Gasteiger charge is -2.49. The van der Waals surface area contributed by atoms with Crippen LogP contribution < -0.4 is 11.1 Å². The molecule has 2 aliphatic heterocycles. The van der Waals surface area contributed by atoms with Crippen molar-refractivity contribution in [2.75, 3.05) is 30.1 Å². The number of nitrogens with one attached hydrogen (secondary N) is 1. The maximum Gasteiger partial charge on any atom is 0.352 e. The third-order valence-electron chi connectivity index (χ3n) is 4.18. The van der Waals surface area contributed by atoms with Gasteiger partial charge < -0.3 is 26.1 Å². The zero-order valence-corrected chi connectivity index (χ0v) is 18.4. The van der Waals surface area contributed by atoms with Crippen molar-refractivity contribution in [3.05, 3.63) is 22.3 Å². The molecule has 0 aliphatic carbocycles. The number of rotatable bonds is 9. The molecule has 15 heteroatoms. The van der Waals surface area contributed by atoms with E-state index in [0.717, 1.165) is 11.3 Å². The van der Waals surface area contributed by atoms with E-state index in [1.165, 1.54) is 33.8 Å². The molecular formula is C16H17N5O7S3. The van der Waals surface area contributed by atoms with Crippen LogP contribution in [-0.2, 0) is 24.0 Å². The van der Waals surface area contributed by atoms with Crippen LogP contribution in [0.5, 0.6) is 0 Å². The van der Waals surface area contributed by atoms with Crippen molar-refractivity contribution in [2.24, 2.45) is 5.16 Å². The normalized spacial score (nSPS) is 20.7. The van der Waals surface area contributed by atoms with Gasteiger partial charge in [-0.3, -0.25) is 14.5 Å². The van der Waals surface area contributed by atoms with E-state index in [9.17, 15) is 24.3 Å². The van der Waals surface area contributed by atoms with E-state index >= 15 is 0 Å². The summed E-state index contributed by atoms with van der Waals surface area (Å²) in [6, 6.07) is -0.983. The molecule has 0 spiro atoms. The van der Waals surface area contributed by atoms with Gasteiger partial charge in [0.1, 0.15) is 22.8 Å². The molecule has 5 N–H and O–H groups in total. The second kappa shape index (κ2) is 9.57. The first-order valence-corrected chi connectivity index (χ1v) is 11.9. The molecule has 1 fully saturated rings. The van der Waals surface area contributed by atoms with Crippen LogP contribution in [0.3, 0.4) is 0 Å². The summed E-state index contributed by atoms with van der Waals surface area (Å²) in [6.07, 6.45) is 1.84. The Morgan fingerprint density at radius 3 is 2.77 bits per heavy atom. The van der Waals surface area contributed by atoms with Gasteiger partial charge in [-0.15, -0.1) is 23.1 Å². The number of aliphatic carboxylic acids is 2. The van der Waals surface area contributed by atoms with E-state index in [2.05, 4.69) is 20.3 Å². The molecule has 2 aliphatic rings. The zero-order valence-electron chi connectivity index (χ0n) is 15.9. The van der Waals surface area contributed by atoms with Gasteiger partial charge >= 0.3 is 11.9 Å². The number of anilines is 1. The van der Waals surface area contributed by atoms with Gasteiger partial charge in [-0.1, -0.05) is 5.16 Å². The number of nitrogens with zero attached hydrogens (tertiary/aromatic N) is 3. The average molecular weight is 488 g/mol. The quantitative estimate of drug-likeness (QED) is 0.202. The van der Waals surface area contributed by atoms with Gasteiger partial charge in [-0.2, -0.15) is 11.8 Å². The number of amides is 2. The molecule has 1 saturated heterocycles. The summed E-state index contributed by atoms with van der Waals surface area (Å²) in [5.74, 6) is -3.00. The monoisotopic (exact) mass is 487 g/mol. The number of hydrogen-bond acceptors (Lipinski definition) is 11. The molecule has 3 heterocycles.